The van der Waals surface area contributed by atoms with Crippen LogP contribution in [0, 0.1) is 5.95 Å². The monoisotopic (exact) mass is 466 g/mol. The Bertz CT molecular complexity index is 1200. The van der Waals surface area contributed by atoms with Crippen molar-refractivity contribution in [3.63, 3.8) is 0 Å². The van der Waals surface area contributed by atoms with Crippen LogP contribution in [0.25, 0.3) is 0 Å². The summed E-state index contributed by atoms with van der Waals surface area (Å²) < 4.78 is 13.1. The number of nitrogens with one attached hydrogen (secondary N) is 3. The number of H-pyrrole nitrogens is 1. The van der Waals surface area contributed by atoms with Gasteiger partial charge in [0.25, 0.3) is 0 Å². The molecule has 1 aliphatic heterocycles. The molecule has 34 heavy (non-hydrogen) atoms. The van der Waals surface area contributed by atoms with Gasteiger partial charge in [-0.3, -0.25) is 9.89 Å². The lowest BCUT2D eigenvalue weighted by molar-refractivity contribution is -0.117. The van der Waals surface area contributed by atoms with Crippen molar-refractivity contribution in [2.45, 2.75) is 57.6 Å². The molecule has 3 aromatic heterocycles. The van der Waals surface area contributed by atoms with Crippen molar-refractivity contribution < 1.29 is 14.3 Å². The number of carbonyl (C=O) groups excluding carboxylic acids is 1. The van der Waals surface area contributed by atoms with Gasteiger partial charge in [0.1, 0.15) is 11.9 Å². The number of aliphatic hydroxyl groups is 1. The first-order valence-corrected chi connectivity index (χ1v) is 11.5. The molecular formula is C23H27FN8O2. The van der Waals surface area contributed by atoms with Crippen molar-refractivity contribution in [1.82, 2.24) is 25.1 Å². The van der Waals surface area contributed by atoms with Crippen LogP contribution in [0.4, 0.5) is 27.7 Å². The number of halogens is 1. The third kappa shape index (κ3) is 4.43. The van der Waals surface area contributed by atoms with Crippen molar-refractivity contribution >= 4 is 29.2 Å². The molecule has 5 rings (SSSR count). The number of rotatable bonds is 6. The number of amides is 1. The molecule has 0 unspecified atom stereocenters. The van der Waals surface area contributed by atoms with Gasteiger partial charge < -0.3 is 20.6 Å². The number of hydrogen-bond donors (Lipinski definition) is 4. The predicted octanol–water partition coefficient (Wildman–Crippen LogP) is 2.67. The van der Waals surface area contributed by atoms with E-state index in [1.54, 1.807) is 4.90 Å². The standard InChI is InChI=1S/C23H27FN8O2/c1-12(2)17-9-20(31-30-17)28-21-15-4-3-5-16(15)27-23(29-21)32-11-14(33)8-18(32)22(34)26-13-6-7-19(24)25-10-13/h6-7,9-10,12,14,18,33H,3-5,8,11H2,1-2H3,(H,26,34)(H2,27,28,29,30,31)/t14-,18-/m0/s1. The summed E-state index contributed by atoms with van der Waals surface area (Å²) in [6, 6.07) is 3.91. The summed E-state index contributed by atoms with van der Waals surface area (Å²) in [6.45, 7) is 4.41. The Balaban J connectivity index is 1.42. The Morgan fingerprint density at radius 3 is 2.88 bits per heavy atom. The minimum atomic E-state index is -0.699. The second-order valence-corrected chi connectivity index (χ2v) is 9.06. The fourth-order valence-electron chi connectivity index (χ4n) is 4.43. The van der Waals surface area contributed by atoms with E-state index in [1.807, 2.05) is 6.07 Å². The maximum Gasteiger partial charge on any atom is 0.247 e. The highest BCUT2D eigenvalue weighted by atomic mass is 19.1. The van der Waals surface area contributed by atoms with Crippen LogP contribution in [0.1, 0.15) is 49.6 Å². The minimum absolute atomic E-state index is 0.234. The second-order valence-electron chi connectivity index (χ2n) is 9.06. The van der Waals surface area contributed by atoms with Crippen LogP contribution >= 0.6 is 0 Å². The molecule has 1 amide bonds. The van der Waals surface area contributed by atoms with E-state index in [0.717, 1.165) is 36.2 Å². The predicted molar refractivity (Wildman–Crippen MR) is 125 cm³/mol. The molecule has 0 bridgehead atoms. The van der Waals surface area contributed by atoms with Crippen LogP contribution in [-0.4, -0.2) is 54.9 Å². The Labute approximate surface area is 196 Å². The number of β-amino-alcohol motifs (C(OH)–C–C–N with tert-alkyl or cyclic N) is 1. The van der Waals surface area contributed by atoms with E-state index >= 15 is 0 Å². The first-order chi connectivity index (χ1) is 16.4. The average Bonchev–Trinajstić information content (AvgIpc) is 3.54. The van der Waals surface area contributed by atoms with E-state index in [-0.39, 0.29) is 18.9 Å². The van der Waals surface area contributed by atoms with Gasteiger partial charge in [0.2, 0.25) is 17.8 Å². The lowest BCUT2D eigenvalue weighted by atomic mass is 10.1. The second kappa shape index (κ2) is 8.98. The summed E-state index contributed by atoms with van der Waals surface area (Å²) in [5.74, 6) is 1.08. The third-order valence-electron chi connectivity index (χ3n) is 6.22. The van der Waals surface area contributed by atoms with Crippen molar-refractivity contribution in [2.24, 2.45) is 0 Å². The largest absolute Gasteiger partial charge is 0.391 e. The number of nitrogens with zero attached hydrogens (tertiary/aromatic N) is 5. The molecule has 4 N–H and O–H groups in total. The third-order valence-corrected chi connectivity index (χ3v) is 6.22. The highest BCUT2D eigenvalue weighted by Gasteiger charge is 2.38. The summed E-state index contributed by atoms with van der Waals surface area (Å²) in [5, 5.41) is 23.8. The fourth-order valence-corrected chi connectivity index (χ4v) is 4.43. The van der Waals surface area contributed by atoms with Crippen molar-refractivity contribution in [3.8, 4) is 0 Å². The van der Waals surface area contributed by atoms with Crippen LogP contribution in [0.5, 0.6) is 0 Å². The van der Waals surface area contributed by atoms with E-state index < -0.39 is 18.1 Å². The number of aromatic amines is 1. The highest BCUT2D eigenvalue weighted by Crippen LogP contribution is 2.33. The Kier molecular flexibility index (Phi) is 5.86. The minimum Gasteiger partial charge on any atom is -0.391 e. The molecule has 3 aromatic rings. The quantitative estimate of drug-likeness (QED) is 0.408. The zero-order valence-corrected chi connectivity index (χ0v) is 19.0. The molecular weight excluding hydrogens is 439 g/mol. The van der Waals surface area contributed by atoms with Gasteiger partial charge in [-0.1, -0.05) is 13.8 Å². The molecule has 0 spiro atoms. The zero-order chi connectivity index (χ0) is 23.8. The number of aliphatic hydroxyl groups excluding tert-OH is 1. The molecule has 2 atom stereocenters. The van der Waals surface area contributed by atoms with Crippen LogP contribution in [0.2, 0.25) is 0 Å². The molecule has 0 aromatic carbocycles. The number of anilines is 4. The van der Waals surface area contributed by atoms with Crippen molar-refractivity contribution in [3.05, 3.63) is 47.3 Å². The zero-order valence-electron chi connectivity index (χ0n) is 19.0. The van der Waals surface area contributed by atoms with E-state index in [1.165, 1.54) is 18.3 Å². The van der Waals surface area contributed by atoms with Gasteiger partial charge in [0.05, 0.1) is 23.7 Å². The van der Waals surface area contributed by atoms with Gasteiger partial charge in [-0.05, 0) is 37.3 Å². The topological polar surface area (TPSA) is 132 Å². The van der Waals surface area contributed by atoms with Gasteiger partial charge in [-0.25, -0.2) is 9.97 Å². The van der Waals surface area contributed by atoms with Crippen LogP contribution in [-0.2, 0) is 17.6 Å². The number of hydrogen-bond acceptors (Lipinski definition) is 8. The number of carbonyl (C=O) groups is 1. The lowest BCUT2D eigenvalue weighted by Gasteiger charge is -2.25. The summed E-state index contributed by atoms with van der Waals surface area (Å²) in [5.41, 5.74) is 3.39. The van der Waals surface area contributed by atoms with Gasteiger partial charge >= 0.3 is 0 Å². The number of aromatic nitrogens is 5. The van der Waals surface area contributed by atoms with E-state index in [9.17, 15) is 14.3 Å². The number of fused-ring (bicyclic) bond motifs is 1. The maximum atomic E-state index is 13.1. The first kappa shape index (κ1) is 22.2. The van der Waals surface area contributed by atoms with Crippen molar-refractivity contribution in [1.29, 1.82) is 0 Å². The molecule has 1 saturated heterocycles. The van der Waals surface area contributed by atoms with Crippen molar-refractivity contribution in [2.75, 3.05) is 22.1 Å². The summed E-state index contributed by atoms with van der Waals surface area (Å²) >= 11 is 0. The normalized spacial score (nSPS) is 19.5. The average molecular weight is 467 g/mol. The molecule has 1 fully saturated rings. The Morgan fingerprint density at radius 2 is 2.15 bits per heavy atom. The summed E-state index contributed by atoms with van der Waals surface area (Å²) in [4.78, 5) is 27.8. The van der Waals surface area contributed by atoms with E-state index in [0.29, 0.717) is 29.2 Å². The number of aryl methyl sites for hydroxylation is 1. The first-order valence-electron chi connectivity index (χ1n) is 11.5. The molecule has 178 valence electrons. The smallest absolute Gasteiger partial charge is 0.247 e. The fraction of sp³-hybridized carbons (Fsp3) is 0.435. The van der Waals surface area contributed by atoms with Crippen LogP contribution in [0.15, 0.2) is 24.4 Å². The van der Waals surface area contributed by atoms with Gasteiger partial charge in [-0.2, -0.15) is 14.5 Å². The summed E-state index contributed by atoms with van der Waals surface area (Å²) in [6.07, 6.45) is 3.46. The molecule has 11 heteroatoms. The maximum absolute atomic E-state index is 13.1. The van der Waals surface area contributed by atoms with Gasteiger partial charge in [0.15, 0.2) is 5.82 Å². The Morgan fingerprint density at radius 1 is 1.29 bits per heavy atom. The SMILES string of the molecule is CC(C)c1cc(Nc2nc(N3C[C@@H](O)C[C@H]3C(=O)Nc3ccc(F)nc3)nc3c2CCC3)n[nH]1. The molecule has 0 radical (unpaired) electrons. The van der Waals surface area contributed by atoms with Gasteiger partial charge in [-0.15, -0.1) is 0 Å². The van der Waals surface area contributed by atoms with E-state index in [4.69, 9.17) is 9.97 Å². The molecule has 10 nitrogen and oxygen atoms in total. The lowest BCUT2D eigenvalue weighted by Crippen LogP contribution is -2.40. The number of pyridine rings is 1. The van der Waals surface area contributed by atoms with Gasteiger partial charge in [0, 0.05) is 30.3 Å². The van der Waals surface area contributed by atoms with Crippen LogP contribution in [0.3, 0.4) is 0 Å². The molecule has 4 heterocycles. The Hall–Kier alpha value is -3.60. The van der Waals surface area contributed by atoms with E-state index in [2.05, 4.69) is 39.7 Å². The molecule has 2 aliphatic rings. The molecule has 1 aliphatic carbocycles. The summed E-state index contributed by atoms with van der Waals surface area (Å²) in [7, 11) is 0. The van der Waals surface area contributed by atoms with Crippen LogP contribution < -0.4 is 15.5 Å². The highest BCUT2D eigenvalue weighted by molar-refractivity contribution is 5.97. The molecule has 0 saturated carbocycles.